The van der Waals surface area contributed by atoms with E-state index in [1.54, 1.807) is 24.3 Å². The van der Waals surface area contributed by atoms with Crippen LogP contribution < -0.4 is 15.4 Å². The molecule has 2 N–H and O–H groups in total. The van der Waals surface area contributed by atoms with Crippen molar-refractivity contribution in [1.29, 1.82) is 0 Å². The highest BCUT2D eigenvalue weighted by Gasteiger charge is 2.20. The Balaban J connectivity index is 2.31. The molecule has 0 radical (unpaired) electrons. The van der Waals surface area contributed by atoms with Gasteiger partial charge >= 0.3 is 0 Å². The van der Waals surface area contributed by atoms with Gasteiger partial charge in [0, 0.05) is 19.5 Å². The number of nitrogens with one attached hydrogen (secondary N) is 2. The second kappa shape index (κ2) is 10.9. The van der Waals surface area contributed by atoms with Crippen molar-refractivity contribution >= 4 is 5.91 Å². The van der Waals surface area contributed by atoms with E-state index in [4.69, 9.17) is 4.74 Å². The summed E-state index contributed by atoms with van der Waals surface area (Å²) in [5, 5.41) is 5.66. The molecule has 130 valence electrons. The van der Waals surface area contributed by atoms with Crippen LogP contribution in [0.1, 0.15) is 18.9 Å². The first-order valence-corrected chi connectivity index (χ1v) is 7.60. The summed E-state index contributed by atoms with van der Waals surface area (Å²) in [5.41, 5.74) is 0.930. The number of benzene rings is 1. The zero-order chi connectivity index (χ0) is 17.1. The summed E-state index contributed by atoms with van der Waals surface area (Å²) in [6.07, 6.45) is -4.15. The smallest absolute Gasteiger partial charge is 0.233 e. The number of ether oxygens (including phenoxy) is 1. The van der Waals surface area contributed by atoms with E-state index in [1.165, 1.54) is 0 Å². The zero-order valence-corrected chi connectivity index (χ0v) is 13.2. The standard InChI is InChI=1S/C16H23F3N2O2/c1-2-21-16(22)10-20-9-12-3-5-13(6-4-12)23-11-15(19)14(18)7-8-17/h3-6,14-15,20H,2,7-11H2,1H3,(H,21,22). The molecule has 7 heteroatoms. The van der Waals surface area contributed by atoms with Crippen molar-refractivity contribution in [3.05, 3.63) is 29.8 Å². The van der Waals surface area contributed by atoms with Crippen molar-refractivity contribution < 1.29 is 22.7 Å². The monoisotopic (exact) mass is 332 g/mol. The summed E-state index contributed by atoms with van der Waals surface area (Å²) >= 11 is 0. The number of hydrogen-bond donors (Lipinski definition) is 2. The third-order valence-electron chi connectivity index (χ3n) is 3.10. The number of amides is 1. The van der Waals surface area contributed by atoms with E-state index in [1.807, 2.05) is 6.92 Å². The van der Waals surface area contributed by atoms with Gasteiger partial charge in [-0.3, -0.25) is 9.18 Å². The molecule has 0 aliphatic rings. The van der Waals surface area contributed by atoms with Crippen LogP contribution in [0.3, 0.4) is 0 Å². The van der Waals surface area contributed by atoms with Crippen LogP contribution in [0, 0.1) is 0 Å². The SMILES string of the molecule is CCNC(=O)CNCc1ccc(OCC(F)C(F)CCF)cc1. The Labute approximate surface area is 134 Å². The number of carbonyl (C=O) groups is 1. The Hall–Kier alpha value is -1.76. The minimum absolute atomic E-state index is 0.0736. The second-order valence-electron chi connectivity index (χ2n) is 5.02. The van der Waals surface area contributed by atoms with Crippen molar-refractivity contribution in [2.45, 2.75) is 32.2 Å². The van der Waals surface area contributed by atoms with Gasteiger partial charge in [-0.15, -0.1) is 0 Å². The van der Waals surface area contributed by atoms with Gasteiger partial charge in [-0.25, -0.2) is 8.78 Å². The highest BCUT2D eigenvalue weighted by atomic mass is 19.2. The average molecular weight is 332 g/mol. The topological polar surface area (TPSA) is 50.4 Å². The molecule has 0 heterocycles. The summed E-state index contributed by atoms with van der Waals surface area (Å²) in [6.45, 7) is 1.83. The van der Waals surface area contributed by atoms with Crippen LogP contribution >= 0.6 is 0 Å². The van der Waals surface area contributed by atoms with Gasteiger partial charge in [0.1, 0.15) is 18.5 Å². The van der Waals surface area contributed by atoms with E-state index in [9.17, 15) is 18.0 Å². The van der Waals surface area contributed by atoms with Crippen molar-refractivity contribution in [3.63, 3.8) is 0 Å². The molecule has 2 atom stereocenters. The van der Waals surface area contributed by atoms with Crippen molar-refractivity contribution in [3.8, 4) is 5.75 Å². The van der Waals surface area contributed by atoms with Gasteiger partial charge < -0.3 is 15.4 Å². The average Bonchev–Trinajstić information content (AvgIpc) is 2.54. The Bertz CT molecular complexity index is 457. The first kappa shape index (κ1) is 19.3. The van der Waals surface area contributed by atoms with Gasteiger partial charge in [-0.2, -0.15) is 0 Å². The molecule has 1 rings (SSSR count). The number of halogens is 3. The number of carbonyl (C=O) groups excluding carboxylic acids is 1. The lowest BCUT2D eigenvalue weighted by Crippen LogP contribution is -2.33. The quantitative estimate of drug-likeness (QED) is 0.654. The minimum atomic E-state index is -1.85. The van der Waals surface area contributed by atoms with Crippen LogP contribution in [-0.2, 0) is 11.3 Å². The Kier molecular flexibility index (Phi) is 9.12. The molecule has 0 aliphatic carbocycles. The maximum absolute atomic E-state index is 13.3. The fourth-order valence-electron chi connectivity index (χ4n) is 1.85. The molecular formula is C16H23F3N2O2. The summed E-state index contributed by atoms with van der Waals surface area (Å²) in [7, 11) is 0. The molecule has 4 nitrogen and oxygen atoms in total. The van der Waals surface area contributed by atoms with Gasteiger partial charge in [0.25, 0.3) is 0 Å². The third-order valence-corrected chi connectivity index (χ3v) is 3.10. The highest BCUT2D eigenvalue weighted by Crippen LogP contribution is 2.15. The molecule has 23 heavy (non-hydrogen) atoms. The van der Waals surface area contributed by atoms with Gasteiger partial charge in [0.05, 0.1) is 13.2 Å². The number of likely N-dealkylation sites (N-methyl/N-ethyl adjacent to an activating group) is 1. The normalized spacial score (nSPS) is 13.4. The summed E-state index contributed by atoms with van der Waals surface area (Å²) in [4.78, 5) is 11.3. The molecular weight excluding hydrogens is 309 g/mol. The highest BCUT2D eigenvalue weighted by molar-refractivity contribution is 5.77. The van der Waals surface area contributed by atoms with Crippen LogP contribution in [0.2, 0.25) is 0 Å². The predicted octanol–water partition coefficient (Wildman–Crippen LogP) is 2.33. The molecule has 2 unspecified atom stereocenters. The number of rotatable bonds is 11. The van der Waals surface area contributed by atoms with Gasteiger partial charge in [0.2, 0.25) is 5.91 Å². The maximum atomic E-state index is 13.3. The molecule has 0 spiro atoms. The van der Waals surface area contributed by atoms with E-state index in [0.717, 1.165) is 5.56 Å². The first-order valence-electron chi connectivity index (χ1n) is 7.60. The Morgan fingerprint density at radius 1 is 1.22 bits per heavy atom. The molecule has 0 saturated heterocycles. The fraction of sp³-hybridized carbons (Fsp3) is 0.562. The van der Waals surface area contributed by atoms with E-state index in [-0.39, 0.29) is 12.5 Å². The molecule has 1 amide bonds. The zero-order valence-electron chi connectivity index (χ0n) is 13.2. The molecule has 0 fully saturated rings. The molecule has 0 aliphatic heterocycles. The second-order valence-corrected chi connectivity index (χ2v) is 5.02. The maximum Gasteiger partial charge on any atom is 0.233 e. The largest absolute Gasteiger partial charge is 0.490 e. The van der Waals surface area contributed by atoms with E-state index >= 15 is 0 Å². The van der Waals surface area contributed by atoms with Crippen LogP contribution in [-0.4, -0.2) is 44.6 Å². The first-order chi connectivity index (χ1) is 11.1. The third kappa shape index (κ3) is 7.88. The van der Waals surface area contributed by atoms with E-state index in [0.29, 0.717) is 18.8 Å². The van der Waals surface area contributed by atoms with Crippen molar-refractivity contribution in [2.24, 2.45) is 0 Å². The van der Waals surface area contributed by atoms with E-state index in [2.05, 4.69) is 10.6 Å². The Morgan fingerprint density at radius 3 is 2.52 bits per heavy atom. The lowest BCUT2D eigenvalue weighted by molar-refractivity contribution is -0.120. The molecule has 0 aromatic heterocycles. The summed E-state index contributed by atoms with van der Waals surface area (Å²) in [6, 6.07) is 6.81. The minimum Gasteiger partial charge on any atom is -0.490 e. The Morgan fingerprint density at radius 2 is 1.91 bits per heavy atom. The van der Waals surface area contributed by atoms with Crippen LogP contribution in [0.5, 0.6) is 5.75 Å². The summed E-state index contributed by atoms with van der Waals surface area (Å²) in [5.74, 6) is 0.336. The molecule has 1 aromatic carbocycles. The van der Waals surface area contributed by atoms with Crippen LogP contribution in [0.15, 0.2) is 24.3 Å². The fourth-order valence-corrected chi connectivity index (χ4v) is 1.85. The van der Waals surface area contributed by atoms with Crippen molar-refractivity contribution in [2.75, 3.05) is 26.4 Å². The van der Waals surface area contributed by atoms with Crippen molar-refractivity contribution in [1.82, 2.24) is 10.6 Å². The lowest BCUT2D eigenvalue weighted by Gasteiger charge is -2.13. The molecule has 0 saturated carbocycles. The van der Waals surface area contributed by atoms with Gasteiger partial charge in [-0.1, -0.05) is 12.1 Å². The number of hydrogen-bond acceptors (Lipinski definition) is 3. The predicted molar refractivity (Wildman–Crippen MR) is 82.7 cm³/mol. The molecule has 0 bridgehead atoms. The summed E-state index contributed by atoms with van der Waals surface area (Å²) < 4.78 is 43.5. The van der Waals surface area contributed by atoms with Gasteiger partial charge in [0.15, 0.2) is 6.17 Å². The van der Waals surface area contributed by atoms with Gasteiger partial charge in [-0.05, 0) is 24.6 Å². The van der Waals surface area contributed by atoms with Crippen LogP contribution in [0.4, 0.5) is 13.2 Å². The number of alkyl halides is 3. The lowest BCUT2D eigenvalue weighted by atomic mass is 10.2. The van der Waals surface area contributed by atoms with E-state index < -0.39 is 32.0 Å². The van der Waals surface area contributed by atoms with Crippen LogP contribution in [0.25, 0.3) is 0 Å². The molecule has 1 aromatic rings.